The summed E-state index contributed by atoms with van der Waals surface area (Å²) in [5.74, 6) is 0. The van der Waals surface area contributed by atoms with Crippen LogP contribution in [0.15, 0.2) is 150 Å². The second-order valence-electron chi connectivity index (χ2n) is 16.4. The van der Waals surface area contributed by atoms with E-state index in [1.165, 1.54) is 84.4 Å². The van der Waals surface area contributed by atoms with E-state index in [1.54, 1.807) is 0 Å². The molecule has 3 heteroatoms. The molecule has 3 heterocycles. The van der Waals surface area contributed by atoms with Crippen molar-refractivity contribution in [2.45, 2.75) is 51.4 Å². The third-order valence-corrected chi connectivity index (χ3v) is 12.4. The van der Waals surface area contributed by atoms with Crippen molar-refractivity contribution in [3.8, 4) is 22.5 Å². The largest absolute Gasteiger partial charge is 0.456 e. The van der Waals surface area contributed by atoms with Gasteiger partial charge in [-0.15, -0.1) is 0 Å². The van der Waals surface area contributed by atoms with E-state index in [2.05, 4.69) is 176 Å². The van der Waals surface area contributed by atoms with Gasteiger partial charge in [0.05, 0.1) is 22.1 Å². The molecule has 10 aromatic rings. The lowest BCUT2D eigenvalue weighted by atomic mass is 9.63. The summed E-state index contributed by atoms with van der Waals surface area (Å²) in [4.78, 5) is 0. The van der Waals surface area contributed by atoms with E-state index in [4.69, 9.17) is 4.42 Å². The number of rotatable bonds is 3. The zero-order valence-electron chi connectivity index (χ0n) is 30.6. The van der Waals surface area contributed by atoms with E-state index in [0.717, 1.165) is 27.6 Å². The summed E-state index contributed by atoms with van der Waals surface area (Å²) in [7, 11) is 0. The molecular weight excluding hydrogens is 645 g/mol. The predicted molar refractivity (Wildman–Crippen MR) is 223 cm³/mol. The zero-order valence-corrected chi connectivity index (χ0v) is 30.6. The van der Waals surface area contributed by atoms with Gasteiger partial charge in [0.1, 0.15) is 11.2 Å². The molecule has 0 aliphatic heterocycles. The normalized spacial score (nSPS) is 15.3. The smallest absolute Gasteiger partial charge is 0.136 e. The van der Waals surface area contributed by atoms with Crippen molar-refractivity contribution in [1.29, 1.82) is 0 Å². The van der Waals surface area contributed by atoms with E-state index in [1.807, 2.05) is 6.07 Å². The van der Waals surface area contributed by atoms with Crippen LogP contribution < -0.4 is 0 Å². The predicted octanol–water partition coefficient (Wildman–Crippen LogP) is 13.8. The number of hydrogen-bond acceptors (Lipinski definition) is 1. The minimum atomic E-state index is 0.103. The fraction of sp³-hybridized carbons (Fsp3) is 0.160. The van der Waals surface area contributed by atoms with Gasteiger partial charge in [-0.25, -0.2) is 0 Å². The number of aromatic nitrogens is 2. The van der Waals surface area contributed by atoms with Gasteiger partial charge < -0.3 is 13.6 Å². The van der Waals surface area contributed by atoms with E-state index in [9.17, 15) is 0 Å². The molecule has 0 spiro atoms. The molecule has 0 saturated carbocycles. The quantitative estimate of drug-likeness (QED) is 0.182. The zero-order chi connectivity index (χ0) is 35.6. The second kappa shape index (κ2) is 10.7. The summed E-state index contributed by atoms with van der Waals surface area (Å²) in [6.45, 7) is 9.73. The van der Waals surface area contributed by atoms with Crippen LogP contribution in [-0.2, 0) is 10.8 Å². The van der Waals surface area contributed by atoms with Gasteiger partial charge in [0, 0.05) is 43.7 Å². The minimum Gasteiger partial charge on any atom is -0.456 e. The van der Waals surface area contributed by atoms with E-state index in [-0.39, 0.29) is 10.8 Å². The molecule has 1 aliphatic carbocycles. The summed E-state index contributed by atoms with van der Waals surface area (Å²) >= 11 is 0. The Labute approximate surface area is 308 Å². The Hall–Kier alpha value is -6.06. The first-order chi connectivity index (χ1) is 25.8. The highest BCUT2D eigenvalue weighted by atomic mass is 16.3. The molecule has 0 saturated heterocycles. The van der Waals surface area contributed by atoms with Crippen molar-refractivity contribution in [3.05, 3.63) is 157 Å². The van der Waals surface area contributed by atoms with Crippen LogP contribution in [0, 0.1) is 0 Å². The van der Waals surface area contributed by atoms with Gasteiger partial charge in [0.15, 0.2) is 0 Å². The van der Waals surface area contributed by atoms with Crippen molar-refractivity contribution in [1.82, 2.24) is 9.13 Å². The van der Waals surface area contributed by atoms with Crippen molar-refractivity contribution >= 4 is 65.6 Å². The Kier molecular flexibility index (Phi) is 6.19. The van der Waals surface area contributed by atoms with Gasteiger partial charge in [-0.3, -0.25) is 0 Å². The van der Waals surface area contributed by atoms with Gasteiger partial charge in [-0.1, -0.05) is 107 Å². The monoisotopic (exact) mass is 684 g/mol. The first-order valence-electron chi connectivity index (χ1n) is 18.9. The number of furan rings is 1. The Balaban J connectivity index is 1.24. The van der Waals surface area contributed by atoms with Crippen molar-refractivity contribution in [3.63, 3.8) is 0 Å². The molecule has 0 bridgehead atoms. The SMILES string of the molecule is CC1(C)CCC(C)(C)c2cc3c(cc21)c1c2c4ccccc4n(-c4cccc(-c5cccc6oc7ccccc7c56)c4)c2ccc1n3-c1ccccc1. The minimum absolute atomic E-state index is 0.103. The summed E-state index contributed by atoms with van der Waals surface area (Å²) in [6.07, 6.45) is 2.37. The Morgan fingerprint density at radius 2 is 1.04 bits per heavy atom. The van der Waals surface area contributed by atoms with Crippen LogP contribution in [0.1, 0.15) is 51.7 Å². The number of para-hydroxylation sites is 3. The van der Waals surface area contributed by atoms with Crippen LogP contribution >= 0.6 is 0 Å². The molecule has 0 amide bonds. The van der Waals surface area contributed by atoms with Crippen molar-refractivity contribution in [2.24, 2.45) is 0 Å². The molecule has 0 unspecified atom stereocenters. The van der Waals surface area contributed by atoms with Crippen LogP contribution in [0.5, 0.6) is 0 Å². The standard InChI is InChI=1S/C50H40N2O/c1-49(2)26-27-50(3,4)39-30-43-37(29-38(39)49)48-42(51(43)32-15-6-5-7-16-32)25-24-41-47(48)35-18-8-10-21-40(35)52(41)33-17-12-14-31(28-33)34-20-13-23-45-46(34)36-19-9-11-22-44(36)53-45/h5-25,28-30H,26-27H2,1-4H3. The maximum absolute atomic E-state index is 6.29. The molecule has 0 atom stereocenters. The fourth-order valence-electron chi connectivity index (χ4n) is 9.59. The average molecular weight is 685 g/mol. The maximum Gasteiger partial charge on any atom is 0.136 e. The molecule has 0 N–H and O–H groups in total. The van der Waals surface area contributed by atoms with Crippen molar-refractivity contribution < 1.29 is 4.42 Å². The summed E-state index contributed by atoms with van der Waals surface area (Å²) in [6, 6.07) is 53.5. The molecule has 256 valence electrons. The number of benzene rings is 7. The van der Waals surface area contributed by atoms with Gasteiger partial charge in [0.25, 0.3) is 0 Å². The van der Waals surface area contributed by atoms with E-state index in [0.29, 0.717) is 0 Å². The third kappa shape index (κ3) is 4.28. The van der Waals surface area contributed by atoms with Crippen LogP contribution in [0.25, 0.3) is 88.1 Å². The molecule has 3 nitrogen and oxygen atoms in total. The first kappa shape index (κ1) is 30.6. The Bertz CT molecular complexity index is 3110. The van der Waals surface area contributed by atoms with Crippen LogP contribution in [0.4, 0.5) is 0 Å². The van der Waals surface area contributed by atoms with Gasteiger partial charge in [-0.05, 0) is 113 Å². The van der Waals surface area contributed by atoms with E-state index >= 15 is 0 Å². The molecule has 1 aliphatic rings. The maximum atomic E-state index is 6.29. The number of fused-ring (bicyclic) bond motifs is 11. The summed E-state index contributed by atoms with van der Waals surface area (Å²) in [5, 5.41) is 7.53. The third-order valence-electron chi connectivity index (χ3n) is 12.4. The topological polar surface area (TPSA) is 23.0 Å². The lowest BCUT2D eigenvalue weighted by Crippen LogP contribution is -2.33. The lowest BCUT2D eigenvalue weighted by Gasteiger charge is -2.42. The van der Waals surface area contributed by atoms with E-state index < -0.39 is 0 Å². The molecule has 0 radical (unpaired) electrons. The molecule has 53 heavy (non-hydrogen) atoms. The molecular formula is C50H40N2O. The van der Waals surface area contributed by atoms with Gasteiger partial charge >= 0.3 is 0 Å². The fourth-order valence-corrected chi connectivity index (χ4v) is 9.59. The average Bonchev–Trinajstić information content (AvgIpc) is 3.84. The Morgan fingerprint density at radius 1 is 0.434 bits per heavy atom. The van der Waals surface area contributed by atoms with Crippen LogP contribution in [-0.4, -0.2) is 9.13 Å². The molecule has 11 rings (SSSR count). The molecule has 0 fully saturated rings. The van der Waals surface area contributed by atoms with Crippen molar-refractivity contribution in [2.75, 3.05) is 0 Å². The number of nitrogens with zero attached hydrogens (tertiary/aromatic N) is 2. The Morgan fingerprint density at radius 3 is 1.83 bits per heavy atom. The molecule has 3 aromatic heterocycles. The highest BCUT2D eigenvalue weighted by Crippen LogP contribution is 2.50. The van der Waals surface area contributed by atoms with Crippen LogP contribution in [0.2, 0.25) is 0 Å². The number of hydrogen-bond donors (Lipinski definition) is 0. The summed E-state index contributed by atoms with van der Waals surface area (Å²) < 4.78 is 11.3. The highest BCUT2D eigenvalue weighted by Gasteiger charge is 2.38. The highest BCUT2D eigenvalue weighted by molar-refractivity contribution is 6.29. The second-order valence-corrected chi connectivity index (χ2v) is 16.4. The summed E-state index contributed by atoms with van der Waals surface area (Å²) in [5.41, 5.74) is 14.6. The van der Waals surface area contributed by atoms with Gasteiger partial charge in [-0.2, -0.15) is 0 Å². The van der Waals surface area contributed by atoms with Gasteiger partial charge in [0.2, 0.25) is 0 Å². The molecule has 7 aromatic carbocycles. The van der Waals surface area contributed by atoms with Crippen LogP contribution in [0.3, 0.4) is 0 Å². The lowest BCUT2D eigenvalue weighted by molar-refractivity contribution is 0.332. The first-order valence-corrected chi connectivity index (χ1v) is 18.9.